The highest BCUT2D eigenvalue weighted by Crippen LogP contribution is 2.48. The van der Waals surface area contributed by atoms with Crippen LogP contribution in [-0.4, -0.2) is 71.5 Å². The van der Waals surface area contributed by atoms with Crippen LogP contribution in [-0.2, 0) is 22.4 Å². The quantitative estimate of drug-likeness (QED) is 0.366. The molecule has 4 rings (SSSR count). The number of alkyl halides is 2. The van der Waals surface area contributed by atoms with Gasteiger partial charge in [-0.3, -0.25) is 14.4 Å². The van der Waals surface area contributed by atoms with Crippen molar-refractivity contribution in [2.75, 3.05) is 25.0 Å². The van der Waals surface area contributed by atoms with E-state index in [0.29, 0.717) is 18.5 Å². The van der Waals surface area contributed by atoms with Crippen molar-refractivity contribution >= 4 is 23.4 Å². The van der Waals surface area contributed by atoms with Gasteiger partial charge >= 0.3 is 0 Å². The molecule has 0 spiro atoms. The first-order chi connectivity index (χ1) is 18.5. The molecule has 3 atom stereocenters. The van der Waals surface area contributed by atoms with E-state index in [-0.39, 0.29) is 13.0 Å². The van der Waals surface area contributed by atoms with E-state index in [9.17, 15) is 19.5 Å². The van der Waals surface area contributed by atoms with Gasteiger partial charge in [-0.25, -0.2) is 8.78 Å². The molecule has 0 aromatic heterocycles. The Morgan fingerprint density at radius 2 is 1.90 bits per heavy atom. The van der Waals surface area contributed by atoms with E-state index in [1.165, 1.54) is 19.9 Å². The van der Waals surface area contributed by atoms with Crippen molar-refractivity contribution in [1.82, 2.24) is 15.5 Å². The number of halogens is 2. The Bertz CT molecular complexity index is 1250. The fourth-order valence-electron chi connectivity index (χ4n) is 5.30. The summed E-state index contributed by atoms with van der Waals surface area (Å²) in [5.74, 6) is -5.71. The molecule has 4 N–H and O–H groups in total. The zero-order valence-electron chi connectivity index (χ0n) is 22.0. The van der Waals surface area contributed by atoms with Crippen molar-refractivity contribution in [2.45, 2.75) is 50.8 Å². The van der Waals surface area contributed by atoms with E-state index in [0.717, 1.165) is 21.7 Å². The maximum absolute atomic E-state index is 15.1. The number of hydrogen-bond donors (Lipinski definition) is 4. The molecule has 0 saturated carbocycles. The molecule has 0 unspecified atom stereocenters. The van der Waals surface area contributed by atoms with Gasteiger partial charge < -0.3 is 26.0 Å². The van der Waals surface area contributed by atoms with Gasteiger partial charge in [0.25, 0.3) is 17.7 Å². The average molecular weight is 541 g/mol. The number of amides is 3. The fourth-order valence-corrected chi connectivity index (χ4v) is 5.30. The molecule has 1 saturated heterocycles. The highest BCUT2D eigenvalue weighted by Gasteiger charge is 2.64. The number of aliphatic hydroxyl groups excluding tert-OH is 1. The predicted molar refractivity (Wildman–Crippen MR) is 143 cm³/mol. The van der Waals surface area contributed by atoms with Crippen LogP contribution in [0.25, 0.3) is 0 Å². The van der Waals surface area contributed by atoms with Crippen LogP contribution in [0.15, 0.2) is 61.2 Å². The average Bonchev–Trinajstić information content (AvgIpc) is 3.46. The standard InChI is InChI=1S/C29H34F2N4O4/c1-4-14-33-26(38)24-28(2,3)29(30,31)17-35(24)27(39)23(36)22(16-18-9-6-5-7-10-18)34-25(37)20-11-8-12-21-19(20)13-15-32-21/h4-12,22-24,32,36H,1,13-17H2,2-3H3,(H,33,38)(H,34,37)/t22-,23-,24-/m0/s1. The summed E-state index contributed by atoms with van der Waals surface area (Å²) in [6.45, 7) is 5.64. The van der Waals surface area contributed by atoms with Gasteiger partial charge in [0.05, 0.1) is 18.0 Å². The summed E-state index contributed by atoms with van der Waals surface area (Å²) in [7, 11) is 0. The number of rotatable bonds is 9. The third-order valence-corrected chi connectivity index (χ3v) is 7.62. The first-order valence-corrected chi connectivity index (χ1v) is 12.9. The van der Waals surface area contributed by atoms with Crippen LogP contribution in [0.1, 0.15) is 35.3 Å². The van der Waals surface area contributed by atoms with Crippen LogP contribution in [0.2, 0.25) is 0 Å². The van der Waals surface area contributed by atoms with E-state index in [2.05, 4.69) is 22.5 Å². The molecule has 0 aliphatic carbocycles. The summed E-state index contributed by atoms with van der Waals surface area (Å²) in [5, 5.41) is 19.8. The SMILES string of the molecule is C=CCNC(=O)[C@@H]1N(C(=O)[C@@H](O)[C@H](Cc2ccccc2)NC(=O)c2cccc3c2CCN3)CC(F)(F)C1(C)C. The maximum Gasteiger partial charge on any atom is 0.272 e. The van der Waals surface area contributed by atoms with Crippen molar-refractivity contribution in [3.63, 3.8) is 0 Å². The highest BCUT2D eigenvalue weighted by atomic mass is 19.3. The number of fused-ring (bicyclic) bond motifs is 1. The maximum atomic E-state index is 15.1. The van der Waals surface area contributed by atoms with Gasteiger partial charge in [0, 0.05) is 24.3 Å². The number of carbonyl (C=O) groups excluding carboxylic acids is 3. The molecule has 39 heavy (non-hydrogen) atoms. The lowest BCUT2D eigenvalue weighted by molar-refractivity contribution is -0.148. The molecule has 2 aromatic rings. The summed E-state index contributed by atoms with van der Waals surface area (Å²) in [5.41, 5.74) is 0.902. The first kappa shape index (κ1) is 28.2. The molecule has 0 radical (unpaired) electrons. The van der Waals surface area contributed by atoms with Gasteiger partial charge in [-0.1, -0.05) is 56.3 Å². The van der Waals surface area contributed by atoms with E-state index in [1.54, 1.807) is 42.5 Å². The largest absolute Gasteiger partial charge is 0.384 e. The van der Waals surface area contributed by atoms with Crippen LogP contribution in [0.4, 0.5) is 14.5 Å². The normalized spacial score (nSPS) is 20.3. The van der Waals surface area contributed by atoms with Crippen LogP contribution in [0, 0.1) is 5.41 Å². The second-order valence-corrected chi connectivity index (χ2v) is 10.6. The van der Waals surface area contributed by atoms with E-state index >= 15 is 8.78 Å². The second-order valence-electron chi connectivity index (χ2n) is 10.6. The minimum atomic E-state index is -3.39. The molecule has 8 nitrogen and oxygen atoms in total. The summed E-state index contributed by atoms with van der Waals surface area (Å²) >= 11 is 0. The summed E-state index contributed by atoms with van der Waals surface area (Å²) in [4.78, 5) is 40.7. The number of aliphatic hydroxyl groups is 1. The van der Waals surface area contributed by atoms with E-state index in [4.69, 9.17) is 0 Å². The van der Waals surface area contributed by atoms with Gasteiger partial charge in [-0.15, -0.1) is 6.58 Å². The Morgan fingerprint density at radius 1 is 1.18 bits per heavy atom. The number of carbonyl (C=O) groups is 3. The van der Waals surface area contributed by atoms with Gasteiger partial charge in [0.15, 0.2) is 6.10 Å². The number of anilines is 1. The van der Waals surface area contributed by atoms with Crippen molar-refractivity contribution in [3.05, 3.63) is 77.9 Å². The zero-order chi connectivity index (χ0) is 28.4. The lowest BCUT2D eigenvalue weighted by Crippen LogP contribution is -2.57. The molecule has 10 heteroatoms. The molecule has 2 aliphatic heterocycles. The van der Waals surface area contributed by atoms with Crippen molar-refractivity contribution in [3.8, 4) is 0 Å². The summed E-state index contributed by atoms with van der Waals surface area (Å²) < 4.78 is 30.2. The minimum absolute atomic E-state index is 0.0323. The monoisotopic (exact) mass is 540 g/mol. The number of hydrogen-bond acceptors (Lipinski definition) is 5. The molecule has 2 aliphatic rings. The molecule has 2 aromatic carbocycles. The number of likely N-dealkylation sites (tertiary alicyclic amines) is 1. The number of nitrogens with zero attached hydrogens (tertiary/aromatic N) is 1. The Kier molecular flexibility index (Phi) is 8.06. The third kappa shape index (κ3) is 5.52. The molecular weight excluding hydrogens is 506 g/mol. The lowest BCUT2D eigenvalue weighted by atomic mass is 9.81. The van der Waals surface area contributed by atoms with Crippen LogP contribution >= 0.6 is 0 Å². The number of benzene rings is 2. The summed E-state index contributed by atoms with van der Waals surface area (Å²) in [6.07, 6.45) is 0.223. The molecule has 2 heterocycles. The van der Waals surface area contributed by atoms with E-state index in [1.807, 2.05) is 6.07 Å². The third-order valence-electron chi connectivity index (χ3n) is 7.62. The van der Waals surface area contributed by atoms with Crippen molar-refractivity contribution in [1.29, 1.82) is 0 Å². The predicted octanol–water partition coefficient (Wildman–Crippen LogP) is 2.53. The number of nitrogens with one attached hydrogen (secondary N) is 3. The highest BCUT2D eigenvalue weighted by molar-refractivity contribution is 5.98. The fraction of sp³-hybridized carbons (Fsp3) is 0.414. The Balaban J connectivity index is 1.63. The Labute approximate surface area is 226 Å². The molecule has 1 fully saturated rings. The second kappa shape index (κ2) is 11.1. The van der Waals surface area contributed by atoms with Gasteiger partial charge in [0.2, 0.25) is 5.91 Å². The van der Waals surface area contributed by atoms with Gasteiger partial charge in [0.1, 0.15) is 6.04 Å². The lowest BCUT2D eigenvalue weighted by Gasteiger charge is -2.34. The van der Waals surface area contributed by atoms with Crippen LogP contribution < -0.4 is 16.0 Å². The molecular formula is C29H34F2N4O4. The van der Waals surface area contributed by atoms with Gasteiger partial charge in [-0.2, -0.15) is 0 Å². The molecule has 0 bridgehead atoms. The zero-order valence-corrected chi connectivity index (χ0v) is 22.0. The topological polar surface area (TPSA) is 111 Å². The minimum Gasteiger partial charge on any atom is -0.384 e. The van der Waals surface area contributed by atoms with Crippen molar-refractivity contribution < 1.29 is 28.3 Å². The Hall–Kier alpha value is -3.79. The van der Waals surface area contributed by atoms with Crippen molar-refractivity contribution in [2.24, 2.45) is 5.41 Å². The van der Waals surface area contributed by atoms with E-state index < -0.39 is 53.8 Å². The summed E-state index contributed by atoms with van der Waals surface area (Å²) in [6, 6.07) is 11.5. The smallest absolute Gasteiger partial charge is 0.272 e. The first-order valence-electron chi connectivity index (χ1n) is 12.9. The van der Waals surface area contributed by atoms with Crippen LogP contribution in [0.3, 0.4) is 0 Å². The van der Waals surface area contributed by atoms with Gasteiger partial charge in [-0.05, 0) is 36.1 Å². The Morgan fingerprint density at radius 3 is 2.59 bits per heavy atom. The van der Waals surface area contributed by atoms with Crippen LogP contribution in [0.5, 0.6) is 0 Å². The molecule has 3 amide bonds. The molecule has 208 valence electrons.